The zero-order valence-corrected chi connectivity index (χ0v) is 16.7. The maximum atomic E-state index is 12.2. The Hall–Kier alpha value is -2.22. The summed E-state index contributed by atoms with van der Waals surface area (Å²) in [6.07, 6.45) is 0. The van der Waals surface area contributed by atoms with Crippen molar-refractivity contribution in [1.29, 1.82) is 0 Å². The minimum absolute atomic E-state index is 0.0174. The summed E-state index contributed by atoms with van der Waals surface area (Å²) in [7, 11) is -2.59. The molecule has 0 radical (unpaired) electrons. The van der Waals surface area contributed by atoms with E-state index in [4.69, 9.17) is 16.3 Å². The minimum atomic E-state index is -3.83. The summed E-state index contributed by atoms with van der Waals surface area (Å²) in [5.41, 5.74) is 1.51. The molecule has 2 rings (SSSR count). The summed E-state index contributed by atoms with van der Waals surface area (Å²) >= 11 is 5.88. The molecule has 1 N–H and O–H groups in total. The fraction of sp³-hybridized carbons (Fsp3) is 0.263. The second kappa shape index (κ2) is 8.65. The average molecular weight is 410 g/mol. The van der Waals surface area contributed by atoms with Crippen LogP contribution in [0.4, 0.5) is 0 Å². The van der Waals surface area contributed by atoms with Gasteiger partial charge in [0.05, 0.1) is 10.6 Å². The molecule has 0 heterocycles. The van der Waals surface area contributed by atoms with Crippen LogP contribution < -0.4 is 4.72 Å². The number of carbonyl (C=O) groups excluding carboxylic acids is 2. The molecule has 0 bridgehead atoms. The van der Waals surface area contributed by atoms with E-state index in [9.17, 15) is 18.0 Å². The van der Waals surface area contributed by atoms with Crippen LogP contribution in [0.2, 0.25) is 5.02 Å². The number of Topliss-reactive ketones (excluding diaryl/α,β-unsaturated/α-hetero) is 1. The van der Waals surface area contributed by atoms with Gasteiger partial charge in [0, 0.05) is 5.56 Å². The van der Waals surface area contributed by atoms with Crippen molar-refractivity contribution in [3.8, 4) is 0 Å². The average Bonchev–Trinajstić information content (AvgIpc) is 2.66. The lowest BCUT2D eigenvalue weighted by molar-refractivity contribution is 0.0474. The van der Waals surface area contributed by atoms with Gasteiger partial charge in [0.25, 0.3) is 0 Å². The molecule has 0 saturated heterocycles. The molecular formula is C19H20ClNO5S. The van der Waals surface area contributed by atoms with Crippen LogP contribution in [0.25, 0.3) is 0 Å². The normalized spacial score (nSPS) is 11.4. The van der Waals surface area contributed by atoms with Crippen LogP contribution in [0.15, 0.2) is 47.4 Å². The molecule has 0 spiro atoms. The first-order valence-corrected chi connectivity index (χ1v) is 10.0. The summed E-state index contributed by atoms with van der Waals surface area (Å²) in [5, 5.41) is -0.0257. The monoisotopic (exact) mass is 409 g/mol. The van der Waals surface area contributed by atoms with Gasteiger partial charge in [0.1, 0.15) is 4.90 Å². The van der Waals surface area contributed by atoms with Crippen LogP contribution in [0.5, 0.6) is 0 Å². The molecule has 0 aliphatic rings. The number of hydrogen-bond acceptors (Lipinski definition) is 5. The van der Waals surface area contributed by atoms with Gasteiger partial charge < -0.3 is 4.74 Å². The molecule has 6 nitrogen and oxygen atoms in total. The van der Waals surface area contributed by atoms with E-state index in [0.717, 1.165) is 11.6 Å². The Kier molecular flexibility index (Phi) is 6.75. The van der Waals surface area contributed by atoms with Gasteiger partial charge in [-0.25, -0.2) is 17.9 Å². The van der Waals surface area contributed by atoms with E-state index >= 15 is 0 Å². The van der Waals surface area contributed by atoms with Crippen LogP contribution in [-0.2, 0) is 14.8 Å². The number of sulfonamides is 1. The molecule has 0 aliphatic carbocycles. The molecule has 144 valence electrons. The molecule has 0 fully saturated rings. The summed E-state index contributed by atoms with van der Waals surface area (Å²) in [5.74, 6) is -0.818. The number of ketones is 1. The van der Waals surface area contributed by atoms with Gasteiger partial charge in [-0.05, 0) is 36.7 Å². The standard InChI is InChI=1S/C19H20ClNO5S/c1-12(2)13-4-6-14(7-5-13)17(22)11-26-19(23)15-8-9-16(20)18(10-15)27(24,25)21-3/h4-10,12,21H,11H2,1-3H3. The first kappa shape index (κ1) is 21.1. The topological polar surface area (TPSA) is 89.5 Å². The van der Waals surface area contributed by atoms with Gasteiger partial charge in [0.2, 0.25) is 10.0 Å². The largest absolute Gasteiger partial charge is 0.454 e. The van der Waals surface area contributed by atoms with E-state index in [0.29, 0.717) is 11.5 Å². The number of esters is 1. The van der Waals surface area contributed by atoms with Gasteiger partial charge in [-0.1, -0.05) is 49.7 Å². The Morgan fingerprint density at radius 1 is 1.07 bits per heavy atom. The van der Waals surface area contributed by atoms with E-state index in [-0.39, 0.29) is 21.3 Å². The van der Waals surface area contributed by atoms with Gasteiger partial charge >= 0.3 is 5.97 Å². The van der Waals surface area contributed by atoms with E-state index in [1.807, 2.05) is 26.0 Å². The smallest absolute Gasteiger partial charge is 0.338 e. The molecule has 0 saturated carbocycles. The lowest BCUT2D eigenvalue weighted by atomic mass is 10.0. The second-order valence-corrected chi connectivity index (χ2v) is 8.39. The fourth-order valence-electron chi connectivity index (χ4n) is 2.30. The fourth-order valence-corrected chi connectivity index (χ4v) is 3.55. The van der Waals surface area contributed by atoms with Crippen molar-refractivity contribution in [2.24, 2.45) is 0 Å². The highest BCUT2D eigenvalue weighted by atomic mass is 35.5. The molecule has 8 heteroatoms. The maximum Gasteiger partial charge on any atom is 0.338 e. The van der Waals surface area contributed by atoms with Crippen molar-refractivity contribution >= 4 is 33.4 Å². The molecule has 2 aromatic carbocycles. The minimum Gasteiger partial charge on any atom is -0.454 e. The Balaban J connectivity index is 2.09. The third kappa shape index (κ3) is 5.15. The molecule has 0 unspecified atom stereocenters. The Morgan fingerprint density at radius 2 is 1.67 bits per heavy atom. The van der Waals surface area contributed by atoms with Crippen molar-refractivity contribution in [1.82, 2.24) is 4.72 Å². The SMILES string of the molecule is CNS(=O)(=O)c1cc(C(=O)OCC(=O)c2ccc(C(C)C)cc2)ccc1Cl. The highest BCUT2D eigenvalue weighted by Gasteiger charge is 2.20. The van der Waals surface area contributed by atoms with Crippen molar-refractivity contribution < 1.29 is 22.7 Å². The Labute approximate surface area is 163 Å². The van der Waals surface area contributed by atoms with Crippen molar-refractivity contribution in [2.75, 3.05) is 13.7 Å². The number of nitrogens with one attached hydrogen (secondary N) is 1. The molecule has 0 aliphatic heterocycles. The van der Waals surface area contributed by atoms with E-state index in [1.54, 1.807) is 12.1 Å². The maximum absolute atomic E-state index is 12.2. The predicted molar refractivity (Wildman–Crippen MR) is 103 cm³/mol. The third-order valence-electron chi connectivity index (χ3n) is 3.96. The summed E-state index contributed by atoms with van der Waals surface area (Å²) in [6, 6.07) is 10.8. The second-order valence-electron chi connectivity index (χ2n) is 6.13. The number of halogens is 1. The molecule has 27 heavy (non-hydrogen) atoms. The van der Waals surface area contributed by atoms with Crippen LogP contribution in [0.3, 0.4) is 0 Å². The van der Waals surface area contributed by atoms with Crippen molar-refractivity contribution in [3.05, 3.63) is 64.2 Å². The number of carbonyl (C=O) groups is 2. The molecule has 0 atom stereocenters. The molecule has 0 amide bonds. The van der Waals surface area contributed by atoms with E-state index in [1.165, 1.54) is 19.2 Å². The van der Waals surface area contributed by atoms with Crippen LogP contribution in [-0.4, -0.2) is 33.8 Å². The summed E-state index contributed by atoms with van der Waals surface area (Å²) in [4.78, 5) is 24.1. The Morgan fingerprint density at radius 3 is 2.22 bits per heavy atom. The van der Waals surface area contributed by atoms with Crippen molar-refractivity contribution in [3.63, 3.8) is 0 Å². The molecule has 0 aromatic heterocycles. The zero-order valence-electron chi connectivity index (χ0n) is 15.2. The lowest BCUT2D eigenvalue weighted by Crippen LogP contribution is -2.20. The third-order valence-corrected chi connectivity index (χ3v) is 5.85. The van der Waals surface area contributed by atoms with Gasteiger partial charge in [-0.2, -0.15) is 0 Å². The summed E-state index contributed by atoms with van der Waals surface area (Å²) in [6.45, 7) is 3.65. The van der Waals surface area contributed by atoms with Crippen molar-refractivity contribution in [2.45, 2.75) is 24.7 Å². The van der Waals surface area contributed by atoms with Gasteiger partial charge in [0.15, 0.2) is 12.4 Å². The van der Waals surface area contributed by atoms with Crippen LogP contribution >= 0.6 is 11.6 Å². The first-order valence-electron chi connectivity index (χ1n) is 8.19. The Bertz CT molecular complexity index is 953. The molecular weight excluding hydrogens is 390 g/mol. The lowest BCUT2D eigenvalue weighted by Gasteiger charge is -2.09. The number of benzene rings is 2. The number of rotatable bonds is 7. The van der Waals surface area contributed by atoms with E-state index < -0.39 is 22.6 Å². The molecule has 2 aromatic rings. The predicted octanol–water partition coefficient (Wildman–Crippen LogP) is 3.41. The highest BCUT2D eigenvalue weighted by molar-refractivity contribution is 7.89. The highest BCUT2D eigenvalue weighted by Crippen LogP contribution is 2.23. The number of ether oxygens (including phenoxy) is 1. The number of hydrogen-bond donors (Lipinski definition) is 1. The van der Waals surface area contributed by atoms with Gasteiger partial charge in [-0.3, -0.25) is 4.79 Å². The quantitative estimate of drug-likeness (QED) is 0.559. The van der Waals surface area contributed by atoms with Crippen LogP contribution in [0.1, 0.15) is 46.0 Å². The van der Waals surface area contributed by atoms with Gasteiger partial charge in [-0.15, -0.1) is 0 Å². The van der Waals surface area contributed by atoms with Crippen LogP contribution in [0, 0.1) is 0 Å². The van der Waals surface area contributed by atoms with E-state index in [2.05, 4.69) is 4.72 Å². The zero-order chi connectivity index (χ0) is 20.2. The first-order chi connectivity index (χ1) is 12.7. The summed E-state index contributed by atoms with van der Waals surface area (Å²) < 4.78 is 31.0.